The maximum absolute atomic E-state index is 13.7. The molecule has 0 aromatic carbocycles. The van der Waals surface area contributed by atoms with Crippen LogP contribution in [0.5, 0.6) is 5.88 Å². The van der Waals surface area contributed by atoms with E-state index in [0.29, 0.717) is 5.88 Å². The standard InChI is InChI=1S/C25H34N4O3/c1-32-24-10-4-20(16-27-24)19-3-9-23(26-15-19)28-13-2-11-25(17-28)12-14-29(31,18-25)21-5-7-22(30)8-6-21/h3-4,9-10,15-16,21-22,30H,2,5-8,11-14,17-18H2,1H3/t21?,22?,25-,29?/m1/s1. The molecule has 0 radical (unpaired) electrons. The lowest BCUT2D eigenvalue weighted by Gasteiger charge is -2.50. The number of rotatable bonds is 4. The number of hydrogen-bond acceptors (Lipinski definition) is 6. The first-order valence-electron chi connectivity index (χ1n) is 12.0. The van der Waals surface area contributed by atoms with Crippen LogP contribution in [0.15, 0.2) is 36.7 Å². The predicted molar refractivity (Wildman–Crippen MR) is 124 cm³/mol. The van der Waals surface area contributed by atoms with E-state index in [2.05, 4.69) is 22.0 Å². The van der Waals surface area contributed by atoms with Crippen LogP contribution in [-0.2, 0) is 0 Å². The van der Waals surface area contributed by atoms with Crippen molar-refractivity contribution < 1.29 is 14.5 Å². The Hall–Kier alpha value is -2.22. The molecule has 1 aliphatic carbocycles. The van der Waals surface area contributed by atoms with E-state index in [-0.39, 0.29) is 22.2 Å². The molecule has 2 atom stereocenters. The third-order valence-electron chi connectivity index (χ3n) is 7.97. The summed E-state index contributed by atoms with van der Waals surface area (Å²) in [5.41, 5.74) is 2.14. The number of ether oxygens (including phenoxy) is 1. The van der Waals surface area contributed by atoms with Crippen LogP contribution in [0.2, 0.25) is 0 Å². The third kappa shape index (κ3) is 4.21. The average molecular weight is 439 g/mol. The van der Waals surface area contributed by atoms with Crippen molar-refractivity contribution in [2.75, 3.05) is 38.2 Å². The van der Waals surface area contributed by atoms with E-state index in [1.165, 1.54) is 0 Å². The molecule has 172 valence electrons. The van der Waals surface area contributed by atoms with E-state index in [0.717, 1.165) is 88.1 Å². The number of aliphatic hydroxyl groups excluding tert-OH is 1. The highest BCUT2D eigenvalue weighted by atomic mass is 16.5. The summed E-state index contributed by atoms with van der Waals surface area (Å²) in [5.74, 6) is 1.59. The fourth-order valence-corrected chi connectivity index (χ4v) is 6.14. The van der Waals surface area contributed by atoms with Crippen LogP contribution in [0, 0.1) is 10.6 Å². The number of aromatic nitrogens is 2. The molecule has 2 aliphatic heterocycles. The molecule has 2 aromatic rings. The summed E-state index contributed by atoms with van der Waals surface area (Å²) in [7, 11) is 1.61. The van der Waals surface area contributed by atoms with E-state index in [1.54, 1.807) is 13.3 Å². The molecule has 32 heavy (non-hydrogen) atoms. The van der Waals surface area contributed by atoms with Crippen molar-refractivity contribution in [3.05, 3.63) is 41.9 Å². The van der Waals surface area contributed by atoms with Gasteiger partial charge in [0.05, 0.1) is 32.3 Å². The van der Waals surface area contributed by atoms with E-state index in [9.17, 15) is 10.3 Å². The Labute approximate surface area is 190 Å². The topological polar surface area (TPSA) is 81.5 Å². The maximum atomic E-state index is 13.7. The van der Waals surface area contributed by atoms with Crippen molar-refractivity contribution in [2.45, 2.75) is 57.1 Å². The highest BCUT2D eigenvalue weighted by Crippen LogP contribution is 2.45. The highest BCUT2D eigenvalue weighted by molar-refractivity contribution is 5.63. The van der Waals surface area contributed by atoms with Crippen LogP contribution >= 0.6 is 0 Å². The fraction of sp³-hybridized carbons (Fsp3) is 0.600. The molecule has 3 aliphatic rings. The number of methoxy groups -OCH3 is 1. The Morgan fingerprint density at radius 2 is 1.81 bits per heavy atom. The zero-order chi connectivity index (χ0) is 22.2. The molecule has 1 saturated carbocycles. The van der Waals surface area contributed by atoms with Gasteiger partial charge in [-0.3, -0.25) is 0 Å². The second kappa shape index (κ2) is 8.61. The van der Waals surface area contributed by atoms with Crippen molar-refractivity contribution in [1.82, 2.24) is 9.97 Å². The third-order valence-corrected chi connectivity index (χ3v) is 7.97. The fourth-order valence-electron chi connectivity index (χ4n) is 6.14. The Morgan fingerprint density at radius 3 is 2.47 bits per heavy atom. The molecule has 4 heterocycles. The van der Waals surface area contributed by atoms with Gasteiger partial charge in [0.15, 0.2) is 0 Å². The Morgan fingerprint density at radius 1 is 1.06 bits per heavy atom. The zero-order valence-electron chi connectivity index (χ0n) is 18.9. The summed E-state index contributed by atoms with van der Waals surface area (Å²) >= 11 is 0. The molecule has 7 heteroatoms. The molecule has 1 N–H and O–H groups in total. The smallest absolute Gasteiger partial charge is 0.212 e. The number of nitrogens with zero attached hydrogens (tertiary/aromatic N) is 4. The zero-order valence-corrected chi connectivity index (χ0v) is 18.9. The van der Waals surface area contributed by atoms with Crippen molar-refractivity contribution >= 4 is 5.82 Å². The van der Waals surface area contributed by atoms with Gasteiger partial charge in [-0.25, -0.2) is 9.97 Å². The lowest BCUT2D eigenvalue weighted by Crippen LogP contribution is -2.54. The van der Waals surface area contributed by atoms with Crippen LogP contribution in [-0.4, -0.2) is 65.2 Å². The number of hydrogen-bond donors (Lipinski definition) is 1. The molecular formula is C25H34N4O3. The lowest BCUT2D eigenvalue weighted by atomic mass is 9.79. The molecule has 1 spiro atoms. The van der Waals surface area contributed by atoms with Crippen molar-refractivity contribution in [3.63, 3.8) is 0 Å². The minimum atomic E-state index is -0.206. The number of hydroxylamine groups is 3. The monoisotopic (exact) mass is 438 g/mol. The number of piperidine rings is 1. The van der Waals surface area contributed by atoms with Crippen LogP contribution in [0.3, 0.4) is 0 Å². The second-order valence-corrected chi connectivity index (χ2v) is 10.1. The van der Waals surface area contributed by atoms with Gasteiger partial charge in [0.1, 0.15) is 5.82 Å². The van der Waals surface area contributed by atoms with Gasteiger partial charge in [-0.15, -0.1) is 0 Å². The van der Waals surface area contributed by atoms with Gasteiger partial charge < -0.3 is 24.6 Å². The number of anilines is 1. The summed E-state index contributed by atoms with van der Waals surface area (Å²) in [4.78, 5) is 11.4. The number of quaternary nitrogens is 1. The molecule has 7 nitrogen and oxygen atoms in total. The normalized spacial score (nSPS) is 32.9. The van der Waals surface area contributed by atoms with Crippen molar-refractivity contribution in [2.24, 2.45) is 5.41 Å². The summed E-state index contributed by atoms with van der Waals surface area (Å²) in [6.07, 6.45) is 10.1. The summed E-state index contributed by atoms with van der Waals surface area (Å²) in [6.45, 7) is 3.36. The lowest BCUT2D eigenvalue weighted by molar-refractivity contribution is -0.898. The number of pyridine rings is 2. The highest BCUT2D eigenvalue weighted by Gasteiger charge is 2.50. The molecule has 3 fully saturated rings. The van der Waals surface area contributed by atoms with Gasteiger partial charge in [0.2, 0.25) is 5.88 Å². The molecule has 0 bridgehead atoms. The second-order valence-electron chi connectivity index (χ2n) is 10.1. The van der Waals surface area contributed by atoms with Crippen LogP contribution in [0.25, 0.3) is 11.1 Å². The minimum absolute atomic E-state index is 0.0442. The minimum Gasteiger partial charge on any atom is -0.633 e. The number of likely N-dealkylation sites (tertiary alicyclic amines) is 1. The first-order chi connectivity index (χ1) is 15.5. The average Bonchev–Trinajstić information content (AvgIpc) is 3.16. The molecule has 2 saturated heterocycles. The van der Waals surface area contributed by atoms with Gasteiger partial charge in [-0.2, -0.15) is 0 Å². The molecule has 2 aromatic heterocycles. The van der Waals surface area contributed by atoms with E-state index in [1.807, 2.05) is 18.3 Å². The van der Waals surface area contributed by atoms with E-state index >= 15 is 0 Å². The maximum Gasteiger partial charge on any atom is 0.212 e. The van der Waals surface area contributed by atoms with E-state index < -0.39 is 0 Å². The SMILES string of the molecule is COc1ccc(-c2ccc(N3CCC[C@@]4(CC[N+]([O-])(C5CCC(O)CC5)C4)C3)nc2)cn1. The summed E-state index contributed by atoms with van der Waals surface area (Å²) in [5, 5.41) is 23.6. The summed E-state index contributed by atoms with van der Waals surface area (Å²) in [6, 6.07) is 8.22. The van der Waals surface area contributed by atoms with Crippen molar-refractivity contribution in [1.29, 1.82) is 0 Å². The Kier molecular flexibility index (Phi) is 5.82. The summed E-state index contributed by atoms with van der Waals surface area (Å²) < 4.78 is 5.09. The number of aliphatic hydroxyl groups is 1. The molecule has 5 rings (SSSR count). The predicted octanol–water partition coefficient (Wildman–Crippen LogP) is 3.76. The van der Waals surface area contributed by atoms with Gasteiger partial charge in [-0.05, 0) is 43.9 Å². The van der Waals surface area contributed by atoms with Crippen LogP contribution in [0.4, 0.5) is 5.82 Å². The van der Waals surface area contributed by atoms with E-state index in [4.69, 9.17) is 9.72 Å². The van der Waals surface area contributed by atoms with Gasteiger partial charge in [-0.1, -0.05) is 0 Å². The van der Waals surface area contributed by atoms with Crippen LogP contribution < -0.4 is 9.64 Å². The largest absolute Gasteiger partial charge is 0.633 e. The van der Waals surface area contributed by atoms with Gasteiger partial charge >= 0.3 is 0 Å². The van der Waals surface area contributed by atoms with Crippen molar-refractivity contribution in [3.8, 4) is 17.0 Å². The quantitative estimate of drug-likeness (QED) is 0.578. The first kappa shape index (κ1) is 21.6. The Balaban J connectivity index is 1.27. The molecule has 1 unspecified atom stereocenters. The Bertz CT molecular complexity index is 914. The van der Waals surface area contributed by atoms with Gasteiger partial charge in [0.25, 0.3) is 0 Å². The van der Waals surface area contributed by atoms with Gasteiger partial charge in [0, 0.05) is 67.4 Å². The van der Waals surface area contributed by atoms with Crippen LogP contribution in [0.1, 0.15) is 44.9 Å². The molecule has 0 amide bonds. The molecular weight excluding hydrogens is 404 g/mol. The first-order valence-corrected chi connectivity index (χ1v) is 12.0.